The Morgan fingerprint density at radius 1 is 1.50 bits per heavy atom. The molecule has 1 atom stereocenters. The van der Waals surface area contributed by atoms with Crippen LogP contribution in [0.1, 0.15) is 33.1 Å². The first kappa shape index (κ1) is 9.90. The second kappa shape index (κ2) is 4.17. The van der Waals surface area contributed by atoms with Crippen molar-refractivity contribution >= 4 is 18.6 Å². The second-order valence-electron chi connectivity index (χ2n) is 3.68. The van der Waals surface area contributed by atoms with Crippen LogP contribution < -0.4 is 0 Å². The van der Waals surface area contributed by atoms with Crippen molar-refractivity contribution in [1.82, 2.24) is 0 Å². The molecule has 0 bridgehead atoms. The predicted octanol–water partition coefficient (Wildman–Crippen LogP) is 2.04. The molecule has 1 unspecified atom stereocenters. The van der Waals surface area contributed by atoms with Crippen molar-refractivity contribution in [3.05, 3.63) is 0 Å². The van der Waals surface area contributed by atoms with Gasteiger partial charge in [0.15, 0.2) is 0 Å². The molecule has 1 aliphatic carbocycles. The number of hydrogen-bond acceptors (Lipinski definition) is 3. The van der Waals surface area contributed by atoms with E-state index < -0.39 is 0 Å². The summed E-state index contributed by atoms with van der Waals surface area (Å²) in [6.45, 7) is 3.94. The van der Waals surface area contributed by atoms with Gasteiger partial charge in [0.1, 0.15) is 11.4 Å². The van der Waals surface area contributed by atoms with Gasteiger partial charge in [0, 0.05) is 0 Å². The zero-order valence-electron chi connectivity index (χ0n) is 7.62. The molecule has 0 aromatic carbocycles. The summed E-state index contributed by atoms with van der Waals surface area (Å²) >= 11 is 4.18. The van der Waals surface area contributed by atoms with Gasteiger partial charge in [-0.05, 0) is 25.2 Å². The molecular weight excluding hydrogens is 172 g/mol. The summed E-state index contributed by atoms with van der Waals surface area (Å²) in [5.41, 5.74) is 0. The number of ether oxygens (including phenoxy) is 1. The van der Waals surface area contributed by atoms with Gasteiger partial charge in [-0.1, -0.05) is 13.8 Å². The van der Waals surface area contributed by atoms with Gasteiger partial charge in [0.05, 0.1) is 0 Å². The van der Waals surface area contributed by atoms with E-state index in [0.717, 1.165) is 12.8 Å². The maximum Gasteiger partial charge on any atom is 0.319 e. The molecule has 2 nitrogen and oxygen atoms in total. The van der Waals surface area contributed by atoms with E-state index in [1.54, 1.807) is 0 Å². The quantitative estimate of drug-likeness (QED) is 0.542. The zero-order valence-corrected chi connectivity index (χ0v) is 8.51. The molecule has 0 amide bonds. The van der Waals surface area contributed by atoms with Gasteiger partial charge in [0.2, 0.25) is 0 Å². The van der Waals surface area contributed by atoms with E-state index in [9.17, 15) is 4.79 Å². The first-order chi connectivity index (χ1) is 5.61. The summed E-state index contributed by atoms with van der Waals surface area (Å²) < 4.78 is 5.19. The molecule has 0 N–H and O–H groups in total. The average Bonchev–Trinajstić information content (AvgIpc) is 1.94. The van der Waals surface area contributed by atoms with Crippen molar-refractivity contribution in [3.8, 4) is 0 Å². The van der Waals surface area contributed by atoms with Crippen LogP contribution in [0.4, 0.5) is 0 Å². The smallest absolute Gasteiger partial charge is 0.319 e. The van der Waals surface area contributed by atoms with E-state index in [-0.39, 0.29) is 23.2 Å². The lowest BCUT2D eigenvalue weighted by Crippen LogP contribution is -2.31. The highest BCUT2D eigenvalue weighted by Crippen LogP contribution is 2.23. The Hall–Kier alpha value is -0.180. The topological polar surface area (TPSA) is 26.3 Å². The Balaban J connectivity index is 2.26. The van der Waals surface area contributed by atoms with E-state index in [4.69, 9.17) is 4.74 Å². The number of carbonyl (C=O) groups excluding carboxylic acids is 1. The molecule has 0 heterocycles. The molecule has 70 valence electrons. The third-order valence-electron chi connectivity index (χ3n) is 2.21. The monoisotopic (exact) mass is 188 g/mol. The SMILES string of the molecule is CC(C)C(S)C(=O)OC1CCC1. The Morgan fingerprint density at radius 2 is 2.08 bits per heavy atom. The van der Waals surface area contributed by atoms with Gasteiger partial charge in [-0.2, -0.15) is 12.6 Å². The highest BCUT2D eigenvalue weighted by atomic mass is 32.1. The summed E-state index contributed by atoms with van der Waals surface area (Å²) in [6, 6.07) is 0. The molecule has 1 fully saturated rings. The fraction of sp³-hybridized carbons (Fsp3) is 0.889. The van der Waals surface area contributed by atoms with Crippen molar-refractivity contribution in [2.75, 3.05) is 0 Å². The molecule has 0 aromatic heterocycles. The average molecular weight is 188 g/mol. The highest BCUT2D eigenvalue weighted by Gasteiger charge is 2.26. The van der Waals surface area contributed by atoms with Crippen LogP contribution in [-0.4, -0.2) is 17.3 Å². The second-order valence-corrected chi connectivity index (χ2v) is 4.23. The van der Waals surface area contributed by atoms with Gasteiger partial charge in [-0.25, -0.2) is 0 Å². The Morgan fingerprint density at radius 3 is 2.42 bits per heavy atom. The fourth-order valence-electron chi connectivity index (χ4n) is 0.995. The molecule has 3 heteroatoms. The fourth-order valence-corrected chi connectivity index (χ4v) is 1.06. The van der Waals surface area contributed by atoms with Gasteiger partial charge in [0.25, 0.3) is 0 Å². The van der Waals surface area contributed by atoms with Crippen LogP contribution in [0.25, 0.3) is 0 Å². The van der Waals surface area contributed by atoms with Gasteiger partial charge < -0.3 is 4.74 Å². The summed E-state index contributed by atoms with van der Waals surface area (Å²) in [5.74, 6) is 0.0962. The lowest BCUT2D eigenvalue weighted by atomic mass is 9.96. The van der Waals surface area contributed by atoms with Crippen molar-refractivity contribution in [3.63, 3.8) is 0 Å². The number of hydrogen-bond donors (Lipinski definition) is 1. The van der Waals surface area contributed by atoms with E-state index >= 15 is 0 Å². The van der Waals surface area contributed by atoms with Crippen LogP contribution in [-0.2, 0) is 9.53 Å². The number of rotatable bonds is 3. The minimum Gasteiger partial charge on any atom is -0.462 e. The first-order valence-electron chi connectivity index (χ1n) is 4.50. The van der Waals surface area contributed by atoms with E-state index in [1.807, 2.05) is 13.8 Å². The molecule has 0 spiro atoms. The number of thiol groups is 1. The third-order valence-corrected chi connectivity index (χ3v) is 3.02. The molecule has 0 aliphatic heterocycles. The Labute approximate surface area is 79.1 Å². The van der Waals surface area contributed by atoms with Crippen LogP contribution in [0.5, 0.6) is 0 Å². The zero-order chi connectivity index (χ0) is 9.14. The number of esters is 1. The molecule has 1 rings (SSSR count). The van der Waals surface area contributed by atoms with E-state index in [1.165, 1.54) is 6.42 Å². The lowest BCUT2D eigenvalue weighted by molar-refractivity contribution is -0.152. The maximum absolute atomic E-state index is 11.3. The Kier molecular flexibility index (Phi) is 3.44. The molecule has 1 saturated carbocycles. The van der Waals surface area contributed by atoms with Gasteiger partial charge in [-0.15, -0.1) is 0 Å². The summed E-state index contributed by atoms with van der Waals surface area (Å²) in [4.78, 5) is 11.3. The molecule has 0 radical (unpaired) electrons. The van der Waals surface area contributed by atoms with E-state index in [0.29, 0.717) is 0 Å². The number of carbonyl (C=O) groups is 1. The van der Waals surface area contributed by atoms with Crippen LogP contribution in [0.3, 0.4) is 0 Å². The largest absolute Gasteiger partial charge is 0.462 e. The van der Waals surface area contributed by atoms with Crippen LogP contribution in [0, 0.1) is 5.92 Å². The lowest BCUT2D eigenvalue weighted by Gasteiger charge is -2.27. The summed E-state index contributed by atoms with van der Waals surface area (Å²) in [7, 11) is 0. The Bertz CT molecular complexity index is 164. The van der Waals surface area contributed by atoms with Crippen molar-refractivity contribution < 1.29 is 9.53 Å². The van der Waals surface area contributed by atoms with E-state index in [2.05, 4.69) is 12.6 Å². The highest BCUT2D eigenvalue weighted by molar-refractivity contribution is 7.81. The van der Waals surface area contributed by atoms with Gasteiger partial charge in [-0.3, -0.25) is 4.79 Å². The molecule has 12 heavy (non-hydrogen) atoms. The minimum absolute atomic E-state index is 0.155. The maximum atomic E-state index is 11.3. The van der Waals surface area contributed by atoms with Crippen molar-refractivity contribution in [2.24, 2.45) is 5.92 Å². The summed E-state index contributed by atoms with van der Waals surface area (Å²) in [6.07, 6.45) is 3.44. The normalized spacial score (nSPS) is 20.3. The molecule has 0 aromatic rings. The minimum atomic E-state index is -0.259. The third kappa shape index (κ3) is 2.41. The first-order valence-corrected chi connectivity index (χ1v) is 5.01. The van der Waals surface area contributed by atoms with Crippen LogP contribution in [0.15, 0.2) is 0 Å². The van der Waals surface area contributed by atoms with Crippen LogP contribution in [0.2, 0.25) is 0 Å². The summed E-state index contributed by atoms with van der Waals surface area (Å²) in [5, 5.41) is -0.259. The molecular formula is C9H16O2S. The van der Waals surface area contributed by atoms with Gasteiger partial charge >= 0.3 is 5.97 Å². The van der Waals surface area contributed by atoms with Crippen molar-refractivity contribution in [1.29, 1.82) is 0 Å². The standard InChI is InChI=1S/C9H16O2S/c1-6(2)8(12)9(10)11-7-4-3-5-7/h6-8,12H,3-5H2,1-2H3. The molecule has 0 saturated heterocycles. The molecule has 1 aliphatic rings. The van der Waals surface area contributed by atoms with Crippen molar-refractivity contribution in [2.45, 2.75) is 44.5 Å². The van der Waals surface area contributed by atoms with Crippen LogP contribution >= 0.6 is 12.6 Å². The predicted molar refractivity (Wildman–Crippen MR) is 51.3 cm³/mol.